The number of rotatable bonds is 6. The minimum atomic E-state index is 0.632. The number of fused-ring (bicyclic) bond motifs is 1. The molecule has 48 heavy (non-hydrogen) atoms. The Balaban J connectivity index is 1.19. The number of hydrogen-bond acceptors (Lipinski definition) is 3. The van der Waals surface area contributed by atoms with E-state index in [1.165, 1.54) is 10.8 Å². The highest BCUT2D eigenvalue weighted by atomic mass is 15.0. The summed E-state index contributed by atoms with van der Waals surface area (Å²) in [6.07, 6.45) is 0. The molecule has 0 unspecified atom stereocenters. The Morgan fingerprint density at radius 2 is 0.854 bits per heavy atom. The Hall–Kier alpha value is -6.70. The number of nitrogens with zero attached hydrogens (tertiary/aromatic N) is 4. The van der Waals surface area contributed by atoms with Crippen molar-refractivity contribution in [3.05, 3.63) is 181 Å². The van der Waals surface area contributed by atoms with Crippen LogP contribution in [0.2, 0.25) is 0 Å². The standard InChI is InChI=1S/C44H28N4/c1-45-39-19-9-16-35(28-39)30-21-23-31(24-22-30)36-26-25-32-15-10-20-40(41(32)29-36)37-17-8-18-38(27-37)44-47-42(33-11-4-2-5-12-33)46-43(48-44)34-13-6-3-7-14-34/h2-29H. The van der Waals surface area contributed by atoms with E-state index in [1.807, 2.05) is 84.9 Å². The number of aromatic nitrogens is 3. The van der Waals surface area contributed by atoms with Gasteiger partial charge in [0.1, 0.15) is 0 Å². The Kier molecular flexibility index (Phi) is 7.54. The van der Waals surface area contributed by atoms with Gasteiger partial charge in [0.05, 0.1) is 6.57 Å². The molecule has 0 fully saturated rings. The lowest BCUT2D eigenvalue weighted by atomic mass is 9.93. The molecule has 0 radical (unpaired) electrons. The van der Waals surface area contributed by atoms with Crippen molar-refractivity contribution in [1.29, 1.82) is 0 Å². The predicted octanol–water partition coefficient (Wildman–Crippen LogP) is 11.6. The average molecular weight is 613 g/mol. The lowest BCUT2D eigenvalue weighted by Gasteiger charge is -2.12. The number of benzene rings is 7. The van der Waals surface area contributed by atoms with E-state index >= 15 is 0 Å². The van der Waals surface area contributed by atoms with Gasteiger partial charge >= 0.3 is 0 Å². The molecular formula is C44H28N4. The molecular weight excluding hydrogens is 585 g/mol. The third kappa shape index (κ3) is 5.73. The molecule has 4 nitrogen and oxygen atoms in total. The van der Waals surface area contributed by atoms with Crippen LogP contribution in [0.1, 0.15) is 0 Å². The second-order valence-electron chi connectivity index (χ2n) is 11.6. The molecule has 0 saturated carbocycles. The van der Waals surface area contributed by atoms with E-state index in [0.29, 0.717) is 23.2 Å². The molecule has 0 amide bonds. The minimum Gasteiger partial charge on any atom is -0.238 e. The number of hydrogen-bond donors (Lipinski definition) is 0. The SMILES string of the molecule is [C-]#[N+]c1cccc(-c2ccc(-c3ccc4cccc(-c5cccc(-c6nc(-c7ccccc7)nc(-c7ccccc7)n6)c5)c4c3)cc2)c1. The molecule has 0 atom stereocenters. The van der Waals surface area contributed by atoms with Crippen LogP contribution in [0.3, 0.4) is 0 Å². The van der Waals surface area contributed by atoms with E-state index in [9.17, 15) is 0 Å². The Morgan fingerprint density at radius 1 is 0.354 bits per heavy atom. The summed E-state index contributed by atoms with van der Waals surface area (Å²) < 4.78 is 0. The molecule has 0 N–H and O–H groups in total. The van der Waals surface area contributed by atoms with Crippen molar-refractivity contribution in [3.8, 4) is 67.5 Å². The summed E-state index contributed by atoms with van der Waals surface area (Å²) in [4.78, 5) is 18.3. The molecule has 0 saturated heterocycles. The van der Waals surface area contributed by atoms with Crippen molar-refractivity contribution in [2.24, 2.45) is 0 Å². The fourth-order valence-corrected chi connectivity index (χ4v) is 6.08. The molecule has 0 aliphatic heterocycles. The van der Waals surface area contributed by atoms with Gasteiger partial charge in [-0.2, -0.15) is 0 Å². The second kappa shape index (κ2) is 12.6. The van der Waals surface area contributed by atoms with Crippen molar-refractivity contribution in [1.82, 2.24) is 15.0 Å². The maximum absolute atomic E-state index is 7.35. The van der Waals surface area contributed by atoms with Gasteiger partial charge in [0, 0.05) is 16.7 Å². The van der Waals surface area contributed by atoms with Crippen molar-refractivity contribution in [3.63, 3.8) is 0 Å². The zero-order valence-electron chi connectivity index (χ0n) is 26.0. The van der Waals surface area contributed by atoms with Gasteiger partial charge in [-0.1, -0.05) is 152 Å². The molecule has 7 aromatic carbocycles. The van der Waals surface area contributed by atoms with Crippen molar-refractivity contribution >= 4 is 16.5 Å². The van der Waals surface area contributed by atoms with Gasteiger partial charge in [0.25, 0.3) is 0 Å². The Labute approximate surface area is 279 Å². The van der Waals surface area contributed by atoms with E-state index < -0.39 is 0 Å². The van der Waals surface area contributed by atoms with Crippen LogP contribution in [0.25, 0.3) is 83.2 Å². The first-order valence-corrected chi connectivity index (χ1v) is 15.8. The maximum atomic E-state index is 7.35. The fraction of sp³-hybridized carbons (Fsp3) is 0. The topological polar surface area (TPSA) is 43.0 Å². The molecule has 0 spiro atoms. The van der Waals surface area contributed by atoms with E-state index in [-0.39, 0.29) is 0 Å². The minimum absolute atomic E-state index is 0.632. The van der Waals surface area contributed by atoms with E-state index in [1.54, 1.807) is 0 Å². The third-order valence-electron chi connectivity index (χ3n) is 8.54. The summed E-state index contributed by atoms with van der Waals surface area (Å²) in [6.45, 7) is 7.35. The van der Waals surface area contributed by atoms with E-state index in [2.05, 4.69) is 89.8 Å². The molecule has 8 aromatic rings. The lowest BCUT2D eigenvalue weighted by molar-refractivity contribution is 1.07. The second-order valence-corrected chi connectivity index (χ2v) is 11.6. The zero-order chi connectivity index (χ0) is 32.3. The van der Waals surface area contributed by atoms with Gasteiger partial charge < -0.3 is 0 Å². The first kappa shape index (κ1) is 28.8. The van der Waals surface area contributed by atoms with Crippen molar-refractivity contribution in [2.45, 2.75) is 0 Å². The molecule has 8 rings (SSSR count). The molecule has 4 heteroatoms. The van der Waals surface area contributed by atoms with Crippen molar-refractivity contribution < 1.29 is 0 Å². The van der Waals surface area contributed by atoms with Crippen LogP contribution in [0, 0.1) is 6.57 Å². The predicted molar refractivity (Wildman–Crippen MR) is 196 cm³/mol. The van der Waals surface area contributed by atoms with Crippen LogP contribution < -0.4 is 0 Å². The summed E-state index contributed by atoms with van der Waals surface area (Å²) in [7, 11) is 0. The summed E-state index contributed by atoms with van der Waals surface area (Å²) in [5, 5.41) is 2.35. The lowest BCUT2D eigenvalue weighted by Crippen LogP contribution is -2.00. The van der Waals surface area contributed by atoms with Crippen LogP contribution in [0.5, 0.6) is 0 Å². The van der Waals surface area contributed by atoms with Gasteiger partial charge in [-0.25, -0.2) is 19.8 Å². The van der Waals surface area contributed by atoms with Crippen molar-refractivity contribution in [2.75, 3.05) is 0 Å². The summed E-state index contributed by atoms with van der Waals surface area (Å²) in [5.41, 5.74) is 10.1. The highest BCUT2D eigenvalue weighted by molar-refractivity contribution is 5.99. The van der Waals surface area contributed by atoms with Gasteiger partial charge in [-0.05, 0) is 62.4 Å². The first-order chi connectivity index (χ1) is 23.7. The summed E-state index contributed by atoms with van der Waals surface area (Å²) in [6, 6.07) is 57.9. The third-order valence-corrected chi connectivity index (χ3v) is 8.54. The highest BCUT2D eigenvalue weighted by Gasteiger charge is 2.14. The zero-order valence-corrected chi connectivity index (χ0v) is 26.0. The molecule has 1 aromatic heterocycles. The summed E-state index contributed by atoms with van der Waals surface area (Å²) >= 11 is 0. The Morgan fingerprint density at radius 3 is 1.50 bits per heavy atom. The van der Waals surface area contributed by atoms with Gasteiger partial charge in [0.15, 0.2) is 23.2 Å². The molecule has 224 valence electrons. The largest absolute Gasteiger partial charge is 0.238 e. The average Bonchev–Trinajstić information content (AvgIpc) is 3.18. The first-order valence-electron chi connectivity index (χ1n) is 15.8. The van der Waals surface area contributed by atoms with Gasteiger partial charge in [0.2, 0.25) is 0 Å². The molecule has 0 bridgehead atoms. The molecule has 1 heterocycles. The fourth-order valence-electron chi connectivity index (χ4n) is 6.08. The quantitative estimate of drug-likeness (QED) is 0.175. The molecule has 0 aliphatic rings. The Bertz CT molecular complexity index is 2390. The smallest absolute Gasteiger partial charge is 0.187 e. The van der Waals surface area contributed by atoms with Gasteiger partial charge in [-0.3, -0.25) is 0 Å². The van der Waals surface area contributed by atoms with E-state index in [0.717, 1.165) is 50.1 Å². The van der Waals surface area contributed by atoms with Crippen LogP contribution in [0.15, 0.2) is 170 Å². The maximum Gasteiger partial charge on any atom is 0.187 e. The van der Waals surface area contributed by atoms with Crippen LogP contribution in [-0.2, 0) is 0 Å². The normalized spacial score (nSPS) is 10.9. The van der Waals surface area contributed by atoms with Gasteiger partial charge in [-0.15, -0.1) is 0 Å². The molecule has 0 aliphatic carbocycles. The van der Waals surface area contributed by atoms with Crippen LogP contribution >= 0.6 is 0 Å². The van der Waals surface area contributed by atoms with Crippen LogP contribution in [0.4, 0.5) is 5.69 Å². The van der Waals surface area contributed by atoms with E-state index in [4.69, 9.17) is 21.5 Å². The monoisotopic (exact) mass is 612 g/mol. The van der Waals surface area contributed by atoms with Crippen LogP contribution in [-0.4, -0.2) is 15.0 Å². The highest BCUT2D eigenvalue weighted by Crippen LogP contribution is 2.35. The summed E-state index contributed by atoms with van der Waals surface area (Å²) in [5.74, 6) is 1.92.